The third-order valence-corrected chi connectivity index (χ3v) is 27.0. The number of primary sulfonamides is 1. The lowest BCUT2D eigenvalue weighted by Gasteiger charge is -2.17. The number of sulfonamides is 3. The zero-order valence-electron chi connectivity index (χ0n) is 66.9. The lowest BCUT2D eigenvalue weighted by molar-refractivity contribution is -0.115. The summed E-state index contributed by atoms with van der Waals surface area (Å²) in [5, 5.41) is 32.8. The third kappa shape index (κ3) is 58.5. The quantitative estimate of drug-likeness (QED) is 0.0119. The first-order valence-corrected chi connectivity index (χ1v) is 49.3. The molecule has 2 unspecified atom stereocenters. The maximum Gasteiger partial charge on any atom is 0.311 e. The molecule has 6 N–H and O–H groups in total. The molecule has 620 valence electrons. The molecule has 0 bridgehead atoms. The summed E-state index contributed by atoms with van der Waals surface area (Å²) in [5.74, 6) is -1.03. The van der Waals surface area contributed by atoms with Crippen LogP contribution in [0.25, 0.3) is 0 Å². The first-order chi connectivity index (χ1) is 52.1. The molecule has 3 amide bonds. The Labute approximate surface area is 667 Å². The molecule has 1 aromatic carbocycles. The zero-order chi connectivity index (χ0) is 79.5. The van der Waals surface area contributed by atoms with Gasteiger partial charge in [0.05, 0.1) is 10.8 Å². The standard InChI is InChI=1S/C30H50N4O4S3.C24H44N4O3S2.C20H40O.C4H6N4O3S2/c1-3-4-5-6-7-8-9-10-11-12-13-14-15-16-17-18-22-25-28(40(36)27-23-20-19-21-24-27)34-41(37,38)30-33-32-29(39-30)31-26(2)35;1-3-4-5-6-7-8-9-10-11-12-13-14-15-16-17-18-19-20-21-25-33(30,31)24-28-27-23(32-24)26-22(2)29;1-2-3-4-5-6-7-8-9-10-11-12-13-14-15-16-17-18-19-20-21;1-2(9)6-3-7-8-4(12-3)13(5,10)11/h19-21,23-24,28,34H,3-18,22,25H2,1-2H3,(H,31,32,35);21H,3-20H2,1-2H3,(H,26,27,29);20H,2-19H2,1H3;1H3,(H2,5,10,11)(H,6,7,9). The van der Waals surface area contributed by atoms with Crippen LogP contribution in [0.3, 0.4) is 0 Å². The Balaban J connectivity index is 0.000000774. The number of carbonyl (C=O) groups excluding carboxylic acids is 4. The molecule has 0 aliphatic carbocycles. The number of amides is 3. The van der Waals surface area contributed by atoms with Gasteiger partial charge in [0.1, 0.15) is 11.7 Å². The van der Waals surface area contributed by atoms with Gasteiger partial charge in [-0.25, -0.2) is 22.0 Å². The number of rotatable bonds is 65. The average Bonchev–Trinajstić information content (AvgIpc) is 1.59. The van der Waals surface area contributed by atoms with Crippen molar-refractivity contribution in [1.29, 1.82) is 0 Å². The maximum atomic E-state index is 13.3. The van der Waals surface area contributed by atoms with E-state index in [-0.39, 0.29) is 46.1 Å². The van der Waals surface area contributed by atoms with Gasteiger partial charge in [-0.05, 0) is 37.8 Å². The number of aldehydes is 1. The number of nitrogens with zero attached hydrogens (tertiary/aromatic N) is 7. The summed E-state index contributed by atoms with van der Waals surface area (Å²) in [4.78, 5) is 43.5. The van der Waals surface area contributed by atoms with Crippen molar-refractivity contribution in [3.8, 4) is 0 Å². The minimum Gasteiger partial charge on any atom is -0.303 e. The minimum absolute atomic E-state index is 0.103. The molecule has 2 atom stereocenters. The molecule has 0 fully saturated rings. The molecular weight excluding hydrogens is 1510 g/mol. The van der Waals surface area contributed by atoms with Crippen LogP contribution >= 0.6 is 34.0 Å². The predicted molar refractivity (Wildman–Crippen MR) is 449 cm³/mol. The monoisotopic (exact) mass is 1640 g/mol. The van der Waals surface area contributed by atoms with Crippen molar-refractivity contribution in [2.24, 2.45) is 9.54 Å². The van der Waals surface area contributed by atoms with Gasteiger partial charge in [0, 0.05) is 38.3 Å². The van der Waals surface area contributed by atoms with Crippen LogP contribution in [-0.4, -0.2) is 95.7 Å². The van der Waals surface area contributed by atoms with Crippen LogP contribution in [0.15, 0.2) is 52.6 Å². The Morgan fingerprint density at radius 3 is 0.991 bits per heavy atom. The largest absolute Gasteiger partial charge is 0.311 e. The van der Waals surface area contributed by atoms with Crippen molar-refractivity contribution in [3.05, 3.63) is 30.3 Å². The molecule has 4 rings (SSSR count). The number of unbranched alkanes of at least 4 members (excludes halogenated alkanes) is 50. The van der Waals surface area contributed by atoms with Gasteiger partial charge in [-0.1, -0.05) is 388 Å². The smallest absolute Gasteiger partial charge is 0.303 e. The Morgan fingerprint density at radius 2 is 0.685 bits per heavy atom. The molecule has 0 spiro atoms. The number of carbonyl (C=O) groups is 4. The first kappa shape index (κ1) is 102. The maximum absolute atomic E-state index is 13.3. The van der Waals surface area contributed by atoms with Gasteiger partial charge in [-0.15, -0.1) is 30.6 Å². The van der Waals surface area contributed by atoms with E-state index >= 15 is 0 Å². The molecule has 0 aliphatic heterocycles. The van der Waals surface area contributed by atoms with Gasteiger partial charge in [-0.2, -0.15) is 17.5 Å². The Bertz CT molecular complexity index is 3280. The fraction of sp³-hybridized carbons (Fsp3) is 0.782. The van der Waals surface area contributed by atoms with Crippen LogP contribution in [-0.2, 0) is 60.0 Å². The molecule has 0 aliphatic rings. The van der Waals surface area contributed by atoms with Crippen molar-refractivity contribution in [1.82, 2.24) is 35.3 Å². The van der Waals surface area contributed by atoms with E-state index in [9.17, 15) is 48.6 Å². The van der Waals surface area contributed by atoms with E-state index in [1.165, 1.54) is 316 Å². The number of benzene rings is 1. The van der Waals surface area contributed by atoms with E-state index in [1.807, 2.05) is 6.07 Å². The normalized spacial score (nSPS) is 12.1. The zero-order valence-corrected chi connectivity index (χ0v) is 72.6. The highest BCUT2D eigenvalue weighted by Crippen LogP contribution is 2.26. The van der Waals surface area contributed by atoms with Gasteiger partial charge in [-0.3, -0.25) is 18.6 Å². The molecule has 108 heavy (non-hydrogen) atoms. The molecule has 4 aromatic rings. The predicted octanol–water partition coefficient (Wildman–Crippen LogP) is 21.6. The lowest BCUT2D eigenvalue weighted by atomic mass is 10.0. The highest BCUT2D eigenvalue weighted by atomic mass is 32.3. The van der Waals surface area contributed by atoms with Crippen molar-refractivity contribution < 1.29 is 48.6 Å². The summed E-state index contributed by atoms with van der Waals surface area (Å²) in [5.41, 5.74) is 0. The molecule has 0 saturated carbocycles. The average molecular weight is 1650 g/mol. The first-order valence-electron chi connectivity index (χ1n) is 41.2. The summed E-state index contributed by atoms with van der Waals surface area (Å²) < 4.78 is 90.4. The van der Waals surface area contributed by atoms with Crippen molar-refractivity contribution in [3.63, 3.8) is 0 Å². The number of nitrogens with two attached hydrogens (primary N) is 1. The SMILES string of the molecule is CC(=O)Nc1nnc(S(N)(=O)=O)s1.CCCCCCCCCCCCCCCCCCCC(NS(=O)(=O)c1nnc(NC(C)=O)s1)S(=O)c1ccccc1.CCCCCCCCCCCCCCCCCCCC=NS(=O)(=O)c1nnc(NC(C)=O)s1.CCCCCCCCCCCCCCCCCCCC=O. The number of hydrogen-bond acceptors (Lipinski definition) is 20. The van der Waals surface area contributed by atoms with Crippen LogP contribution in [0, 0.1) is 0 Å². The van der Waals surface area contributed by atoms with E-state index in [2.05, 4.69) is 76.4 Å². The van der Waals surface area contributed by atoms with Crippen LogP contribution in [0.4, 0.5) is 15.4 Å². The molecular formula is C78H140N12O11S7. The number of nitrogens with one attached hydrogen (secondary N) is 4. The number of hydrogen-bond donors (Lipinski definition) is 5. The van der Waals surface area contributed by atoms with Gasteiger partial charge in [0.2, 0.25) is 41.8 Å². The fourth-order valence-corrected chi connectivity index (χ4v) is 19.0. The van der Waals surface area contributed by atoms with Gasteiger partial charge >= 0.3 is 10.0 Å². The third-order valence-electron chi connectivity index (χ3n) is 17.9. The second-order valence-electron chi connectivity index (χ2n) is 28.2. The number of anilines is 3. The molecule has 3 heterocycles. The van der Waals surface area contributed by atoms with Crippen LogP contribution in [0.5, 0.6) is 0 Å². The van der Waals surface area contributed by atoms with Crippen molar-refractivity contribution >= 4 is 120 Å². The summed E-state index contributed by atoms with van der Waals surface area (Å²) in [6.07, 6.45) is 72.1. The number of aromatic nitrogens is 6. The second-order valence-corrected chi connectivity index (χ2v) is 38.2. The highest BCUT2D eigenvalue weighted by Gasteiger charge is 2.29. The van der Waals surface area contributed by atoms with Gasteiger partial charge in [0.15, 0.2) is 0 Å². The van der Waals surface area contributed by atoms with Gasteiger partial charge < -0.3 is 20.7 Å². The van der Waals surface area contributed by atoms with E-state index in [0.717, 1.165) is 73.9 Å². The molecule has 0 saturated heterocycles. The van der Waals surface area contributed by atoms with E-state index < -0.39 is 46.2 Å². The van der Waals surface area contributed by atoms with Crippen LogP contribution < -0.4 is 25.8 Å². The highest BCUT2D eigenvalue weighted by molar-refractivity contribution is 7.93. The molecule has 0 radical (unpaired) electrons. The van der Waals surface area contributed by atoms with Crippen molar-refractivity contribution in [2.45, 2.75) is 412 Å². The molecule has 23 nitrogen and oxygen atoms in total. The van der Waals surface area contributed by atoms with E-state index in [0.29, 0.717) is 29.1 Å². The fourth-order valence-electron chi connectivity index (χ4n) is 11.9. The van der Waals surface area contributed by atoms with E-state index in [1.54, 1.807) is 24.3 Å². The summed E-state index contributed by atoms with van der Waals surface area (Å²) >= 11 is 2.27. The Morgan fingerprint density at radius 1 is 0.407 bits per heavy atom. The van der Waals surface area contributed by atoms with E-state index in [4.69, 9.17) is 5.14 Å². The second kappa shape index (κ2) is 68.2. The topological polar surface area (TPSA) is 352 Å². The lowest BCUT2D eigenvalue weighted by Crippen LogP contribution is -2.38. The molecule has 30 heteroatoms. The van der Waals surface area contributed by atoms with Crippen molar-refractivity contribution in [2.75, 3.05) is 16.0 Å². The van der Waals surface area contributed by atoms with Crippen LogP contribution in [0.2, 0.25) is 0 Å². The molecule has 3 aromatic heterocycles. The summed E-state index contributed by atoms with van der Waals surface area (Å²) in [7, 11) is -13.3. The summed E-state index contributed by atoms with van der Waals surface area (Å²) in [6, 6.07) is 8.90. The Hall–Kier alpha value is -4.43. The van der Waals surface area contributed by atoms with Crippen LogP contribution in [0.1, 0.15) is 388 Å². The Kier molecular flexibility index (Phi) is 64.1. The van der Waals surface area contributed by atoms with Gasteiger partial charge in [0.25, 0.3) is 24.4 Å². The minimum atomic E-state index is -4.05. The summed E-state index contributed by atoms with van der Waals surface area (Å²) in [6.45, 7) is 10.7.